The molecule has 2 aliphatic rings. The van der Waals surface area contributed by atoms with Crippen LogP contribution in [-0.2, 0) is 11.2 Å². The van der Waals surface area contributed by atoms with Gasteiger partial charge in [-0.05, 0) is 36.2 Å². The largest absolute Gasteiger partial charge is 0.493 e. The normalized spacial score (nSPS) is 16.2. The second-order valence-electron chi connectivity index (χ2n) is 7.12. The number of methoxy groups -OCH3 is 2. The van der Waals surface area contributed by atoms with Crippen LogP contribution in [0.15, 0.2) is 42.5 Å². The Hall–Kier alpha value is -3.61. The van der Waals surface area contributed by atoms with E-state index in [9.17, 15) is 14.4 Å². The molecule has 7 nitrogen and oxygen atoms in total. The fraction of sp³-hybridized carbons (Fsp3) is 0.261. The van der Waals surface area contributed by atoms with Crippen LogP contribution < -0.4 is 14.8 Å². The molecular weight excluding hydrogens is 384 g/mol. The summed E-state index contributed by atoms with van der Waals surface area (Å²) in [7, 11) is 3.15. The van der Waals surface area contributed by atoms with Crippen molar-refractivity contribution in [3.05, 3.63) is 64.7 Å². The van der Waals surface area contributed by atoms with Crippen molar-refractivity contribution in [1.29, 1.82) is 0 Å². The highest BCUT2D eigenvalue weighted by Crippen LogP contribution is 2.34. The van der Waals surface area contributed by atoms with Crippen LogP contribution in [0.1, 0.15) is 38.3 Å². The molecule has 0 fully saturated rings. The van der Waals surface area contributed by atoms with Gasteiger partial charge < -0.3 is 14.8 Å². The molecule has 1 N–H and O–H groups in total. The van der Waals surface area contributed by atoms with Crippen molar-refractivity contribution in [2.45, 2.75) is 12.8 Å². The van der Waals surface area contributed by atoms with Crippen LogP contribution in [0.5, 0.6) is 11.5 Å². The summed E-state index contributed by atoms with van der Waals surface area (Å²) in [4.78, 5) is 38.6. The SMILES string of the molecule is COc1cc2c(cc1OC)/C(=C/C(=O)CCN1C(=O)c3ccccc3C1=O)NCC2. The third-order valence-corrected chi connectivity index (χ3v) is 5.37. The molecule has 0 atom stereocenters. The minimum absolute atomic E-state index is 0.0494. The van der Waals surface area contributed by atoms with Crippen molar-refractivity contribution in [2.24, 2.45) is 0 Å². The number of nitrogens with zero attached hydrogens (tertiary/aromatic N) is 1. The standard InChI is InChI=1S/C23H22N2O5/c1-29-20-11-14-7-9-24-19(18(14)13-21(20)30-2)12-15(26)8-10-25-22(27)16-5-3-4-6-17(16)23(25)28/h3-6,11-13,24H,7-10H2,1-2H3/b19-12-. The molecule has 2 amide bonds. The summed E-state index contributed by atoms with van der Waals surface area (Å²) < 4.78 is 10.7. The van der Waals surface area contributed by atoms with Gasteiger partial charge >= 0.3 is 0 Å². The van der Waals surface area contributed by atoms with Crippen molar-refractivity contribution in [1.82, 2.24) is 10.2 Å². The van der Waals surface area contributed by atoms with Crippen LogP contribution in [-0.4, -0.2) is 49.8 Å². The number of hydrogen-bond acceptors (Lipinski definition) is 6. The van der Waals surface area contributed by atoms with Crippen LogP contribution in [0.3, 0.4) is 0 Å². The summed E-state index contributed by atoms with van der Waals surface area (Å²) in [6.45, 7) is 0.744. The van der Waals surface area contributed by atoms with E-state index in [0.717, 1.165) is 22.4 Å². The molecular formula is C23H22N2O5. The predicted octanol–water partition coefficient (Wildman–Crippen LogP) is 2.45. The van der Waals surface area contributed by atoms with Gasteiger partial charge in [-0.2, -0.15) is 0 Å². The quantitative estimate of drug-likeness (QED) is 0.586. The first-order valence-corrected chi connectivity index (χ1v) is 9.72. The van der Waals surface area contributed by atoms with Crippen LogP contribution >= 0.6 is 0 Å². The van der Waals surface area contributed by atoms with Gasteiger partial charge in [0.15, 0.2) is 17.3 Å². The van der Waals surface area contributed by atoms with E-state index in [1.165, 1.54) is 6.08 Å². The summed E-state index contributed by atoms with van der Waals surface area (Å²) in [5, 5.41) is 3.25. The Morgan fingerprint density at radius 2 is 1.67 bits per heavy atom. The molecule has 4 rings (SSSR count). The van der Waals surface area contributed by atoms with E-state index in [1.807, 2.05) is 12.1 Å². The molecule has 2 aromatic rings. The number of rotatable bonds is 6. The van der Waals surface area contributed by atoms with Crippen LogP contribution in [0, 0.1) is 0 Å². The summed E-state index contributed by atoms with van der Waals surface area (Å²) in [6.07, 6.45) is 2.39. The molecule has 2 aliphatic heterocycles. The molecule has 2 heterocycles. The third-order valence-electron chi connectivity index (χ3n) is 5.37. The lowest BCUT2D eigenvalue weighted by atomic mass is 9.96. The lowest BCUT2D eigenvalue weighted by Gasteiger charge is -2.23. The summed E-state index contributed by atoms with van der Waals surface area (Å²) in [6, 6.07) is 10.5. The van der Waals surface area contributed by atoms with Gasteiger partial charge in [-0.1, -0.05) is 12.1 Å². The van der Waals surface area contributed by atoms with Crippen LogP contribution in [0.25, 0.3) is 5.70 Å². The van der Waals surface area contributed by atoms with Gasteiger partial charge in [0.1, 0.15) is 0 Å². The lowest BCUT2D eigenvalue weighted by molar-refractivity contribution is -0.114. The first-order chi connectivity index (χ1) is 14.5. The van der Waals surface area contributed by atoms with Crippen LogP contribution in [0.2, 0.25) is 0 Å². The molecule has 0 unspecified atom stereocenters. The third kappa shape index (κ3) is 3.43. The number of hydrogen-bond donors (Lipinski definition) is 1. The highest BCUT2D eigenvalue weighted by molar-refractivity contribution is 6.21. The minimum atomic E-state index is -0.353. The van der Waals surface area contributed by atoms with Gasteiger partial charge in [-0.3, -0.25) is 19.3 Å². The summed E-state index contributed by atoms with van der Waals surface area (Å²) >= 11 is 0. The first kappa shape index (κ1) is 19.7. The zero-order chi connectivity index (χ0) is 21.3. The second-order valence-corrected chi connectivity index (χ2v) is 7.12. The number of carbonyl (C=O) groups excluding carboxylic acids is 3. The Labute approximate surface area is 174 Å². The number of ether oxygens (including phenoxy) is 2. The number of imide groups is 1. The molecule has 0 aromatic heterocycles. The van der Waals surface area contributed by atoms with Gasteiger partial charge in [0.2, 0.25) is 0 Å². The molecule has 0 bridgehead atoms. The smallest absolute Gasteiger partial charge is 0.261 e. The van der Waals surface area contributed by atoms with Gasteiger partial charge in [0.05, 0.1) is 25.3 Å². The topological polar surface area (TPSA) is 84.9 Å². The van der Waals surface area contributed by atoms with E-state index in [2.05, 4.69) is 5.32 Å². The summed E-state index contributed by atoms with van der Waals surface area (Å²) in [5.41, 5.74) is 3.41. The molecule has 0 saturated heterocycles. The molecule has 0 saturated carbocycles. The molecule has 0 spiro atoms. The summed E-state index contributed by atoms with van der Waals surface area (Å²) in [5.74, 6) is 0.360. The highest BCUT2D eigenvalue weighted by atomic mass is 16.5. The lowest BCUT2D eigenvalue weighted by Crippen LogP contribution is -2.32. The Morgan fingerprint density at radius 1 is 1.03 bits per heavy atom. The van der Waals surface area contributed by atoms with Crippen LogP contribution in [0.4, 0.5) is 0 Å². The van der Waals surface area contributed by atoms with Crippen molar-refractivity contribution in [3.8, 4) is 11.5 Å². The fourth-order valence-corrected chi connectivity index (χ4v) is 3.83. The van der Waals surface area contributed by atoms with E-state index in [0.29, 0.717) is 34.9 Å². The number of amides is 2. The molecule has 0 radical (unpaired) electrons. The minimum Gasteiger partial charge on any atom is -0.493 e. The average Bonchev–Trinajstić information content (AvgIpc) is 3.01. The second kappa shape index (κ2) is 8.02. The van der Waals surface area contributed by atoms with Crippen molar-refractivity contribution < 1.29 is 23.9 Å². The van der Waals surface area contributed by atoms with E-state index in [1.54, 1.807) is 38.5 Å². The van der Waals surface area contributed by atoms with Gasteiger partial charge in [0, 0.05) is 36.8 Å². The first-order valence-electron chi connectivity index (χ1n) is 9.72. The fourth-order valence-electron chi connectivity index (χ4n) is 3.83. The Bertz CT molecular complexity index is 1040. The number of carbonyl (C=O) groups is 3. The van der Waals surface area contributed by atoms with E-state index in [4.69, 9.17) is 9.47 Å². The number of benzene rings is 2. The zero-order valence-corrected chi connectivity index (χ0v) is 16.9. The Kier molecular flexibility index (Phi) is 5.27. The number of fused-ring (bicyclic) bond motifs is 2. The van der Waals surface area contributed by atoms with Gasteiger partial charge in [0.25, 0.3) is 11.8 Å². The van der Waals surface area contributed by atoms with E-state index >= 15 is 0 Å². The number of allylic oxidation sites excluding steroid dienone is 1. The molecule has 30 heavy (non-hydrogen) atoms. The van der Waals surface area contributed by atoms with E-state index in [-0.39, 0.29) is 30.6 Å². The maximum absolute atomic E-state index is 12.6. The number of nitrogens with one attached hydrogen (secondary N) is 1. The molecule has 0 aliphatic carbocycles. The van der Waals surface area contributed by atoms with E-state index < -0.39 is 0 Å². The average molecular weight is 406 g/mol. The Morgan fingerprint density at radius 3 is 2.30 bits per heavy atom. The van der Waals surface area contributed by atoms with Crippen molar-refractivity contribution in [2.75, 3.05) is 27.3 Å². The predicted molar refractivity (Wildman–Crippen MR) is 111 cm³/mol. The molecule has 154 valence electrons. The number of ketones is 1. The highest BCUT2D eigenvalue weighted by Gasteiger charge is 2.34. The van der Waals surface area contributed by atoms with Gasteiger partial charge in [-0.15, -0.1) is 0 Å². The van der Waals surface area contributed by atoms with Crippen molar-refractivity contribution >= 4 is 23.3 Å². The monoisotopic (exact) mass is 406 g/mol. The zero-order valence-electron chi connectivity index (χ0n) is 16.9. The van der Waals surface area contributed by atoms with Crippen molar-refractivity contribution in [3.63, 3.8) is 0 Å². The van der Waals surface area contributed by atoms with Gasteiger partial charge in [-0.25, -0.2) is 0 Å². The maximum Gasteiger partial charge on any atom is 0.261 e. The maximum atomic E-state index is 12.6. The Balaban J connectivity index is 1.50. The molecule has 2 aromatic carbocycles. The molecule has 7 heteroatoms.